The second kappa shape index (κ2) is 7.94. The maximum atomic E-state index is 13.0. The van der Waals surface area contributed by atoms with Gasteiger partial charge in [-0.3, -0.25) is 9.59 Å². The van der Waals surface area contributed by atoms with Crippen molar-refractivity contribution in [1.82, 2.24) is 14.5 Å². The van der Waals surface area contributed by atoms with E-state index >= 15 is 0 Å². The highest BCUT2D eigenvalue weighted by Gasteiger charge is 2.29. The Morgan fingerprint density at radius 3 is 2.63 bits per heavy atom. The Balaban J connectivity index is 1.97. The molecule has 0 atom stereocenters. The van der Waals surface area contributed by atoms with Gasteiger partial charge in [-0.2, -0.15) is 0 Å². The van der Waals surface area contributed by atoms with Crippen LogP contribution in [0.15, 0.2) is 18.2 Å². The molecule has 0 saturated carbocycles. The predicted octanol–water partition coefficient (Wildman–Crippen LogP) is 3.57. The molecule has 0 saturated heterocycles. The summed E-state index contributed by atoms with van der Waals surface area (Å²) < 4.78 is 1.95. The van der Waals surface area contributed by atoms with Crippen molar-refractivity contribution in [3.05, 3.63) is 46.5 Å². The highest BCUT2D eigenvalue weighted by atomic mass is 16.2. The molecule has 2 amide bonds. The number of carbonyl (C=O) groups excluding carboxylic acids is 2. The van der Waals surface area contributed by atoms with Gasteiger partial charge in [-0.25, -0.2) is 4.98 Å². The van der Waals surface area contributed by atoms with Crippen LogP contribution in [-0.2, 0) is 13.0 Å². The lowest BCUT2D eigenvalue weighted by molar-refractivity contribution is 0.0754. The van der Waals surface area contributed by atoms with Gasteiger partial charge in [0.25, 0.3) is 11.8 Å². The Kier molecular flexibility index (Phi) is 5.63. The molecule has 1 aliphatic heterocycles. The number of imidazole rings is 1. The molecule has 1 aromatic carbocycles. The zero-order valence-corrected chi connectivity index (χ0v) is 16.6. The van der Waals surface area contributed by atoms with E-state index in [0.717, 1.165) is 48.3 Å². The van der Waals surface area contributed by atoms with Crippen LogP contribution in [0.3, 0.4) is 0 Å². The van der Waals surface area contributed by atoms with Gasteiger partial charge >= 0.3 is 0 Å². The SMILES string of the molecule is CCN(CC)C(=O)c1nc(C(=O)Nc2cccc(C)c2C)c2n1CCCC2. The van der Waals surface area contributed by atoms with Gasteiger partial charge in [0.05, 0.1) is 5.69 Å². The van der Waals surface area contributed by atoms with E-state index < -0.39 is 0 Å². The molecule has 144 valence electrons. The molecular weight excluding hydrogens is 340 g/mol. The molecule has 0 radical (unpaired) electrons. The molecule has 3 rings (SSSR count). The first kappa shape index (κ1) is 19.1. The fourth-order valence-electron chi connectivity index (χ4n) is 3.61. The maximum absolute atomic E-state index is 13.0. The first-order chi connectivity index (χ1) is 13.0. The van der Waals surface area contributed by atoms with Crippen LogP contribution < -0.4 is 5.32 Å². The summed E-state index contributed by atoms with van der Waals surface area (Å²) in [6, 6.07) is 5.84. The first-order valence-electron chi connectivity index (χ1n) is 9.74. The van der Waals surface area contributed by atoms with Crippen LogP contribution in [-0.4, -0.2) is 39.4 Å². The number of benzene rings is 1. The van der Waals surface area contributed by atoms with E-state index in [1.54, 1.807) is 4.90 Å². The molecule has 27 heavy (non-hydrogen) atoms. The smallest absolute Gasteiger partial charge is 0.289 e. The predicted molar refractivity (Wildman–Crippen MR) is 106 cm³/mol. The summed E-state index contributed by atoms with van der Waals surface area (Å²) in [5, 5.41) is 2.99. The zero-order valence-electron chi connectivity index (χ0n) is 16.6. The standard InChI is InChI=1S/C21H28N4O2/c1-5-24(6-2)21(27)19-23-18(17-12-7-8-13-25(17)19)20(26)22-16-11-9-10-14(3)15(16)4/h9-11H,5-8,12-13H2,1-4H3,(H,22,26). The van der Waals surface area contributed by atoms with Crippen LogP contribution in [0.2, 0.25) is 0 Å². The summed E-state index contributed by atoms with van der Waals surface area (Å²) in [7, 11) is 0. The quantitative estimate of drug-likeness (QED) is 0.877. The normalized spacial score (nSPS) is 13.2. The number of carbonyl (C=O) groups is 2. The number of hydrogen-bond donors (Lipinski definition) is 1. The van der Waals surface area contributed by atoms with Gasteiger partial charge in [-0.1, -0.05) is 12.1 Å². The summed E-state index contributed by atoms with van der Waals surface area (Å²) in [6.45, 7) is 9.91. The topological polar surface area (TPSA) is 67.2 Å². The van der Waals surface area contributed by atoms with Crippen molar-refractivity contribution in [2.45, 2.75) is 53.5 Å². The molecular formula is C21H28N4O2. The van der Waals surface area contributed by atoms with Gasteiger partial charge in [0.15, 0.2) is 11.5 Å². The van der Waals surface area contributed by atoms with Gasteiger partial charge in [0.1, 0.15) is 0 Å². The minimum absolute atomic E-state index is 0.103. The van der Waals surface area contributed by atoms with Crippen LogP contribution in [0.25, 0.3) is 0 Å². The number of nitrogens with zero attached hydrogens (tertiary/aromatic N) is 3. The minimum Gasteiger partial charge on any atom is -0.337 e. The third-order valence-corrected chi connectivity index (χ3v) is 5.43. The molecule has 1 aliphatic rings. The molecule has 0 fully saturated rings. The zero-order chi connectivity index (χ0) is 19.6. The van der Waals surface area contributed by atoms with Crippen LogP contribution >= 0.6 is 0 Å². The summed E-state index contributed by atoms with van der Waals surface area (Å²) in [4.78, 5) is 32.1. The number of amides is 2. The van der Waals surface area contributed by atoms with Crippen molar-refractivity contribution in [1.29, 1.82) is 0 Å². The van der Waals surface area contributed by atoms with Crippen molar-refractivity contribution in [2.75, 3.05) is 18.4 Å². The number of hydrogen-bond acceptors (Lipinski definition) is 3. The second-order valence-corrected chi connectivity index (χ2v) is 7.02. The largest absolute Gasteiger partial charge is 0.337 e. The first-order valence-corrected chi connectivity index (χ1v) is 9.74. The van der Waals surface area contributed by atoms with Gasteiger partial charge < -0.3 is 14.8 Å². The Labute approximate surface area is 160 Å². The van der Waals surface area contributed by atoms with Crippen molar-refractivity contribution >= 4 is 17.5 Å². The van der Waals surface area contributed by atoms with E-state index in [1.807, 2.05) is 50.5 Å². The van der Waals surface area contributed by atoms with Crippen molar-refractivity contribution in [2.24, 2.45) is 0 Å². The number of nitrogens with one attached hydrogen (secondary N) is 1. The molecule has 0 spiro atoms. The van der Waals surface area contributed by atoms with Crippen LogP contribution in [0.4, 0.5) is 5.69 Å². The maximum Gasteiger partial charge on any atom is 0.289 e. The molecule has 6 nitrogen and oxygen atoms in total. The molecule has 0 aliphatic carbocycles. The molecule has 1 N–H and O–H groups in total. The van der Waals surface area contributed by atoms with Crippen molar-refractivity contribution < 1.29 is 9.59 Å². The van der Waals surface area contributed by atoms with E-state index in [2.05, 4.69) is 10.3 Å². The van der Waals surface area contributed by atoms with Crippen LogP contribution in [0.1, 0.15) is 64.6 Å². The molecule has 2 aromatic rings. The third-order valence-electron chi connectivity index (χ3n) is 5.43. The average molecular weight is 368 g/mol. The lowest BCUT2D eigenvalue weighted by Crippen LogP contribution is -2.33. The Hall–Kier alpha value is -2.63. The van der Waals surface area contributed by atoms with Crippen LogP contribution in [0, 0.1) is 13.8 Å². The lowest BCUT2D eigenvalue weighted by Gasteiger charge is -2.21. The number of fused-ring (bicyclic) bond motifs is 1. The Morgan fingerprint density at radius 2 is 1.93 bits per heavy atom. The third kappa shape index (κ3) is 3.61. The van der Waals surface area contributed by atoms with Gasteiger partial charge in [-0.15, -0.1) is 0 Å². The Morgan fingerprint density at radius 1 is 1.19 bits per heavy atom. The molecule has 0 bridgehead atoms. The Bertz CT molecular complexity index is 865. The van der Waals surface area contributed by atoms with E-state index in [4.69, 9.17) is 0 Å². The van der Waals surface area contributed by atoms with Gasteiger partial charge in [-0.05, 0) is 64.2 Å². The fourth-order valence-corrected chi connectivity index (χ4v) is 3.61. The van der Waals surface area contributed by atoms with E-state index in [1.165, 1.54) is 0 Å². The van der Waals surface area contributed by atoms with Crippen molar-refractivity contribution in [3.8, 4) is 0 Å². The number of aryl methyl sites for hydroxylation is 1. The van der Waals surface area contributed by atoms with E-state index in [0.29, 0.717) is 24.6 Å². The second-order valence-electron chi connectivity index (χ2n) is 7.02. The molecule has 2 heterocycles. The average Bonchev–Trinajstić information content (AvgIpc) is 3.06. The summed E-state index contributed by atoms with van der Waals surface area (Å²) >= 11 is 0. The lowest BCUT2D eigenvalue weighted by atomic mass is 10.1. The molecule has 6 heteroatoms. The molecule has 1 aromatic heterocycles. The van der Waals surface area contributed by atoms with Crippen LogP contribution in [0.5, 0.6) is 0 Å². The van der Waals surface area contributed by atoms with Crippen molar-refractivity contribution in [3.63, 3.8) is 0 Å². The fraction of sp³-hybridized carbons (Fsp3) is 0.476. The van der Waals surface area contributed by atoms with E-state index in [9.17, 15) is 9.59 Å². The highest BCUT2D eigenvalue weighted by molar-refractivity contribution is 6.05. The minimum atomic E-state index is -0.243. The summed E-state index contributed by atoms with van der Waals surface area (Å²) in [5.74, 6) is 0.0430. The molecule has 0 unspecified atom stereocenters. The van der Waals surface area contributed by atoms with Gasteiger partial charge in [0.2, 0.25) is 0 Å². The number of rotatable bonds is 5. The van der Waals surface area contributed by atoms with E-state index in [-0.39, 0.29) is 11.8 Å². The number of aromatic nitrogens is 2. The number of anilines is 1. The summed E-state index contributed by atoms with van der Waals surface area (Å²) in [6.07, 6.45) is 2.78. The monoisotopic (exact) mass is 368 g/mol. The highest BCUT2D eigenvalue weighted by Crippen LogP contribution is 2.24. The van der Waals surface area contributed by atoms with Gasteiger partial charge in [0, 0.05) is 25.3 Å². The summed E-state index contributed by atoms with van der Waals surface area (Å²) in [5.41, 5.74) is 4.20.